The number of carbonyl (C=O) groups excluding carboxylic acids is 4. The Hall–Kier alpha value is -4.01. The van der Waals surface area contributed by atoms with Crippen molar-refractivity contribution in [1.82, 2.24) is 20.0 Å². The second-order valence-electron chi connectivity index (χ2n) is 11.1. The van der Waals surface area contributed by atoms with Gasteiger partial charge < -0.3 is 43.9 Å². The molecule has 0 bridgehead atoms. The van der Waals surface area contributed by atoms with Gasteiger partial charge in [-0.05, 0) is 24.3 Å². The molecule has 2 aromatic rings. The average Bonchev–Trinajstić information content (AvgIpc) is 3.79. The van der Waals surface area contributed by atoms with E-state index < -0.39 is 6.09 Å². The molecule has 0 saturated carbocycles. The Morgan fingerprint density at radius 3 is 1.57 bits per heavy atom. The molecule has 0 radical (unpaired) electrons. The first kappa shape index (κ1) is 43.2. The predicted octanol–water partition coefficient (Wildman–Crippen LogP) is 4.68. The zero-order chi connectivity index (χ0) is 35.3. The molecule has 1 N–H and O–H groups in total. The third-order valence-corrected chi connectivity index (χ3v) is 9.01. The number of amides is 4. The van der Waals surface area contributed by atoms with Crippen LogP contribution in [0, 0.1) is 0 Å². The van der Waals surface area contributed by atoms with Crippen LogP contribution in [0.5, 0.6) is 11.5 Å². The number of nitrogens with zero attached hydrogens (tertiary/aromatic N) is 5. The summed E-state index contributed by atoms with van der Waals surface area (Å²) in [4.78, 5) is 54.5. The number of carbonyl (C=O) groups is 4. The molecule has 14 nitrogen and oxygen atoms in total. The Balaban J connectivity index is 0.000000298. The molecule has 4 heterocycles. The Morgan fingerprint density at radius 1 is 0.725 bits per heavy atom. The van der Waals surface area contributed by atoms with Crippen molar-refractivity contribution in [1.29, 1.82) is 0 Å². The number of alkyl halides is 1. The topological polar surface area (TPSA) is 133 Å². The normalized spacial score (nSPS) is 16.5. The third kappa shape index (κ3) is 12.3. The lowest BCUT2D eigenvalue weighted by Crippen LogP contribution is -2.51. The first-order chi connectivity index (χ1) is 23.6. The van der Waals surface area contributed by atoms with E-state index in [1.165, 1.54) is 4.90 Å². The van der Waals surface area contributed by atoms with Gasteiger partial charge in [-0.15, -0.1) is 11.6 Å². The van der Waals surface area contributed by atoms with Gasteiger partial charge in [0.05, 0.1) is 37.4 Å². The summed E-state index contributed by atoms with van der Waals surface area (Å²) >= 11 is 17.6. The van der Waals surface area contributed by atoms with E-state index in [-0.39, 0.29) is 45.2 Å². The fourth-order valence-corrected chi connectivity index (χ4v) is 5.94. The van der Waals surface area contributed by atoms with Crippen molar-refractivity contribution < 1.29 is 38.1 Å². The molecule has 284 valence electrons. The van der Waals surface area contributed by atoms with Gasteiger partial charge in [-0.2, -0.15) is 0 Å². The van der Waals surface area contributed by atoms with E-state index in [0.717, 1.165) is 37.6 Å². The van der Waals surface area contributed by atoms with Crippen molar-refractivity contribution in [3.05, 3.63) is 46.4 Å². The maximum Gasteiger partial charge on any atom is 0.410 e. The van der Waals surface area contributed by atoms with Gasteiger partial charge in [0.2, 0.25) is 11.8 Å². The van der Waals surface area contributed by atoms with Gasteiger partial charge in [0.1, 0.15) is 37.1 Å². The summed E-state index contributed by atoms with van der Waals surface area (Å²) in [5.74, 6) is 1.31. The number of piperazine rings is 2. The maximum atomic E-state index is 12.3. The van der Waals surface area contributed by atoms with E-state index in [2.05, 4.69) is 19.9 Å². The van der Waals surface area contributed by atoms with E-state index in [4.69, 9.17) is 49.0 Å². The van der Waals surface area contributed by atoms with Gasteiger partial charge in [0, 0.05) is 75.9 Å². The number of anilines is 2. The Kier molecular flexibility index (Phi) is 18.1. The fourth-order valence-electron chi connectivity index (χ4n) is 5.38. The number of alkyl carbamates (subject to hydrolysis) is 1. The number of nitrogens with one attached hydrogen (secondary N) is 1. The monoisotopic (exact) mass is 774 g/mol. The molecule has 0 atom stereocenters. The van der Waals surface area contributed by atoms with Crippen LogP contribution in [0.3, 0.4) is 0 Å². The summed E-state index contributed by atoms with van der Waals surface area (Å²) in [5, 5.41) is 3.63. The number of hydrogen-bond acceptors (Lipinski definition) is 10. The summed E-state index contributed by atoms with van der Waals surface area (Å²) in [6.45, 7) is 7.76. The standard InChI is InChI=1S/C16H20ClN3O4.C13H16Cl2N2O2.C3H5NO2.2CH4/c1-23-14-10-12(2-3-13(14)17)18-4-6-19(7-5-18)15(21)11-20-8-9-24-16(20)22;1-19-12-8-10(2-3-11(12)15)16-4-6-17(7-5-16)13(18)9-14;5-3-4-1-2-6-3;;/h2-3,10H,4-9,11H2,1H3;2-3,8H,4-7,9H2,1H3;1-2H2,(H,4,5);2*1H4. The minimum Gasteiger partial charge on any atom is -0.495 e. The molecule has 4 aliphatic rings. The number of rotatable bonds is 7. The van der Waals surface area contributed by atoms with Crippen molar-refractivity contribution in [2.24, 2.45) is 0 Å². The lowest BCUT2D eigenvalue weighted by molar-refractivity contribution is -0.132. The minimum atomic E-state index is -0.407. The van der Waals surface area contributed by atoms with Crippen LogP contribution in [0.15, 0.2) is 36.4 Å². The predicted molar refractivity (Wildman–Crippen MR) is 200 cm³/mol. The highest BCUT2D eigenvalue weighted by Gasteiger charge is 2.28. The van der Waals surface area contributed by atoms with Gasteiger partial charge >= 0.3 is 12.2 Å². The Morgan fingerprint density at radius 2 is 1.22 bits per heavy atom. The molecule has 0 aliphatic carbocycles. The van der Waals surface area contributed by atoms with Gasteiger partial charge in [0.25, 0.3) is 0 Å². The molecule has 0 aromatic heterocycles. The summed E-state index contributed by atoms with van der Waals surface area (Å²) < 4.78 is 19.7. The highest BCUT2D eigenvalue weighted by atomic mass is 35.5. The van der Waals surface area contributed by atoms with Gasteiger partial charge in [-0.25, -0.2) is 9.59 Å². The number of methoxy groups -OCH3 is 2. The highest BCUT2D eigenvalue weighted by Crippen LogP contribution is 2.31. The molecule has 17 heteroatoms. The zero-order valence-corrected chi connectivity index (χ0v) is 29.8. The Labute approximate surface area is 315 Å². The number of ether oxygens (including phenoxy) is 4. The van der Waals surface area contributed by atoms with Crippen LogP contribution in [-0.4, -0.2) is 144 Å². The maximum absolute atomic E-state index is 12.3. The third-order valence-electron chi connectivity index (χ3n) is 8.15. The first-order valence-corrected chi connectivity index (χ1v) is 17.0. The molecule has 4 saturated heterocycles. The van der Waals surface area contributed by atoms with E-state index >= 15 is 0 Å². The van der Waals surface area contributed by atoms with E-state index in [1.54, 1.807) is 24.0 Å². The van der Waals surface area contributed by atoms with Crippen LogP contribution in [0.25, 0.3) is 0 Å². The lowest BCUT2D eigenvalue weighted by atomic mass is 10.2. The highest BCUT2D eigenvalue weighted by molar-refractivity contribution is 6.32. The molecule has 2 aromatic carbocycles. The summed E-state index contributed by atoms with van der Waals surface area (Å²) in [5.41, 5.74) is 2.07. The average molecular weight is 776 g/mol. The van der Waals surface area contributed by atoms with Crippen LogP contribution in [0.4, 0.5) is 21.0 Å². The van der Waals surface area contributed by atoms with Crippen molar-refractivity contribution in [3.8, 4) is 11.5 Å². The number of cyclic esters (lactones) is 2. The zero-order valence-electron chi connectivity index (χ0n) is 27.5. The number of hydrogen-bond donors (Lipinski definition) is 1. The van der Waals surface area contributed by atoms with E-state index in [1.807, 2.05) is 36.4 Å². The lowest BCUT2D eigenvalue weighted by Gasteiger charge is -2.36. The number of benzene rings is 2. The van der Waals surface area contributed by atoms with Crippen LogP contribution in [-0.2, 0) is 19.1 Å². The molecule has 4 aliphatic heterocycles. The molecular formula is C34H49Cl3N6O8. The summed E-state index contributed by atoms with van der Waals surface area (Å²) in [7, 11) is 3.19. The smallest absolute Gasteiger partial charge is 0.410 e. The Bertz CT molecular complexity index is 1450. The number of halogens is 3. The first-order valence-electron chi connectivity index (χ1n) is 15.7. The van der Waals surface area contributed by atoms with Gasteiger partial charge in [-0.1, -0.05) is 38.1 Å². The quantitative estimate of drug-likeness (QED) is 0.396. The molecule has 4 fully saturated rings. The van der Waals surface area contributed by atoms with E-state index in [0.29, 0.717) is 74.0 Å². The molecule has 6 rings (SSSR count). The SMILES string of the molecule is C.C.COc1cc(N2CCN(C(=O)CCl)CC2)ccc1Cl.COc1cc(N2CCN(C(=O)CN3CCOC3=O)CC2)ccc1Cl.O=C1NCCO1. The molecular weight excluding hydrogens is 727 g/mol. The molecule has 0 unspecified atom stereocenters. The van der Waals surface area contributed by atoms with Crippen molar-refractivity contribution >= 4 is 70.2 Å². The van der Waals surface area contributed by atoms with Crippen molar-refractivity contribution in [2.75, 3.05) is 115 Å². The van der Waals surface area contributed by atoms with Crippen LogP contribution in [0.1, 0.15) is 14.9 Å². The summed E-state index contributed by atoms with van der Waals surface area (Å²) in [6.07, 6.45) is -0.703. The van der Waals surface area contributed by atoms with Crippen molar-refractivity contribution in [3.63, 3.8) is 0 Å². The second-order valence-corrected chi connectivity index (χ2v) is 12.2. The molecule has 4 amide bonds. The second kappa shape index (κ2) is 21.4. The largest absolute Gasteiger partial charge is 0.495 e. The molecule has 0 spiro atoms. The van der Waals surface area contributed by atoms with Gasteiger partial charge in [-0.3, -0.25) is 14.5 Å². The van der Waals surface area contributed by atoms with E-state index in [9.17, 15) is 19.2 Å². The summed E-state index contributed by atoms with van der Waals surface area (Å²) in [6, 6.07) is 11.4. The van der Waals surface area contributed by atoms with Gasteiger partial charge in [0.15, 0.2) is 0 Å². The van der Waals surface area contributed by atoms with Crippen LogP contribution >= 0.6 is 34.8 Å². The van der Waals surface area contributed by atoms with Crippen molar-refractivity contribution in [2.45, 2.75) is 14.9 Å². The van der Waals surface area contributed by atoms with Crippen LogP contribution in [0.2, 0.25) is 10.0 Å². The minimum absolute atomic E-state index is 0. The van der Waals surface area contributed by atoms with Crippen LogP contribution < -0.4 is 24.6 Å². The fraction of sp³-hybridized carbons (Fsp3) is 0.529. The molecule has 51 heavy (non-hydrogen) atoms.